The number of aryl methyl sites for hydroxylation is 1. The highest BCUT2D eigenvalue weighted by atomic mass is 32.2. The molecule has 0 spiro atoms. The summed E-state index contributed by atoms with van der Waals surface area (Å²) in [6.45, 7) is 6.47. The van der Waals surface area contributed by atoms with Gasteiger partial charge in [0.05, 0.1) is 5.69 Å². The molecule has 0 atom stereocenters. The van der Waals surface area contributed by atoms with Gasteiger partial charge >= 0.3 is 0 Å². The van der Waals surface area contributed by atoms with E-state index in [0.717, 1.165) is 16.8 Å². The van der Waals surface area contributed by atoms with Crippen LogP contribution in [0.3, 0.4) is 0 Å². The third-order valence-corrected chi connectivity index (χ3v) is 5.59. The predicted octanol–water partition coefficient (Wildman–Crippen LogP) is 4.98. The Bertz CT molecular complexity index is 884. The van der Waals surface area contributed by atoms with Gasteiger partial charge in [-0.05, 0) is 48.6 Å². The Morgan fingerprint density at radius 1 is 1.11 bits per heavy atom. The van der Waals surface area contributed by atoms with Crippen molar-refractivity contribution in [2.45, 2.75) is 33.1 Å². The fourth-order valence-electron chi connectivity index (χ4n) is 2.88. The van der Waals surface area contributed by atoms with Gasteiger partial charge in [-0.25, -0.2) is 4.99 Å². The molecular formula is C23H26N2O2S. The van der Waals surface area contributed by atoms with Gasteiger partial charge in [-0.15, -0.1) is 0 Å². The lowest BCUT2D eigenvalue weighted by Gasteiger charge is -2.17. The van der Waals surface area contributed by atoms with Crippen LogP contribution in [0.4, 0.5) is 5.69 Å². The molecule has 1 aliphatic heterocycles. The molecule has 0 bridgehead atoms. The Balaban J connectivity index is 1.90. The maximum absolute atomic E-state index is 13.1. The number of benzene rings is 2. The van der Waals surface area contributed by atoms with Crippen LogP contribution in [0, 0.1) is 6.92 Å². The fraction of sp³-hybridized carbons (Fsp3) is 0.304. The molecule has 1 amide bonds. The fourth-order valence-corrected chi connectivity index (χ4v) is 3.81. The number of thioether (sulfide) groups is 1. The maximum atomic E-state index is 13.1. The predicted molar refractivity (Wildman–Crippen MR) is 119 cm³/mol. The lowest BCUT2D eigenvalue weighted by molar-refractivity contribution is -0.113. The third-order valence-electron chi connectivity index (χ3n) is 4.56. The second-order valence-corrected chi connectivity index (χ2v) is 8.21. The van der Waals surface area contributed by atoms with Crippen LogP contribution < -0.4 is 4.90 Å². The Labute approximate surface area is 171 Å². The van der Waals surface area contributed by atoms with Crippen molar-refractivity contribution in [1.82, 2.24) is 0 Å². The summed E-state index contributed by atoms with van der Waals surface area (Å²) < 4.78 is 0. The number of carbonyl (C=O) groups excluding carboxylic acids is 1. The number of hydrogen-bond donors (Lipinski definition) is 1. The smallest absolute Gasteiger partial charge is 0.283 e. The first-order chi connectivity index (χ1) is 13.5. The zero-order chi connectivity index (χ0) is 20.1. The summed E-state index contributed by atoms with van der Waals surface area (Å²) in [6.07, 6.45) is 2.50. The molecular weight excluding hydrogens is 368 g/mol. The van der Waals surface area contributed by atoms with Gasteiger partial charge in [0.15, 0.2) is 5.17 Å². The minimum absolute atomic E-state index is 0.122. The van der Waals surface area contributed by atoms with E-state index < -0.39 is 0 Å². The molecule has 0 aliphatic carbocycles. The Morgan fingerprint density at radius 3 is 2.39 bits per heavy atom. The molecule has 2 aromatic carbocycles. The summed E-state index contributed by atoms with van der Waals surface area (Å²) in [5, 5.41) is 9.73. The van der Waals surface area contributed by atoms with Crippen LogP contribution in [0.15, 0.2) is 59.2 Å². The molecule has 1 aliphatic rings. The number of hydrogen-bond acceptors (Lipinski definition) is 4. The van der Waals surface area contributed by atoms with Gasteiger partial charge in [0, 0.05) is 12.4 Å². The van der Waals surface area contributed by atoms with Gasteiger partial charge in [-0.2, -0.15) is 0 Å². The standard InChI is InChI=1S/C23H26N2O2S/c1-16(2)19-9-7-18(8-10-19)15-21-22(27)25(20-11-5-17(3)6-12-20)23(24-21)28-14-4-13-26/h5-12,15-16,26H,4,13-14H2,1-3H3/b21-15-. The number of aliphatic imine (C=N–C) groups is 1. The molecule has 0 fully saturated rings. The first-order valence-electron chi connectivity index (χ1n) is 9.54. The van der Waals surface area contributed by atoms with Gasteiger partial charge in [-0.1, -0.05) is 67.6 Å². The van der Waals surface area contributed by atoms with Gasteiger partial charge in [0.25, 0.3) is 5.91 Å². The van der Waals surface area contributed by atoms with E-state index in [4.69, 9.17) is 5.11 Å². The van der Waals surface area contributed by atoms with Gasteiger partial charge in [-0.3, -0.25) is 9.69 Å². The third kappa shape index (κ3) is 4.72. The molecule has 3 rings (SSSR count). The average molecular weight is 395 g/mol. The van der Waals surface area contributed by atoms with Crippen molar-refractivity contribution >= 4 is 34.6 Å². The van der Waals surface area contributed by atoms with E-state index in [1.54, 1.807) is 4.90 Å². The molecule has 0 saturated heterocycles. The second kappa shape index (κ2) is 9.22. The van der Waals surface area contributed by atoms with Crippen LogP contribution in [-0.4, -0.2) is 28.5 Å². The van der Waals surface area contributed by atoms with E-state index in [-0.39, 0.29) is 12.5 Å². The Hall–Kier alpha value is -2.37. The minimum atomic E-state index is -0.122. The maximum Gasteiger partial charge on any atom is 0.283 e. The normalized spacial score (nSPS) is 15.6. The summed E-state index contributed by atoms with van der Waals surface area (Å²) in [6, 6.07) is 16.1. The van der Waals surface area contributed by atoms with Crippen molar-refractivity contribution < 1.29 is 9.90 Å². The second-order valence-electron chi connectivity index (χ2n) is 7.15. The summed E-state index contributed by atoms with van der Waals surface area (Å²) in [5.74, 6) is 1.06. The van der Waals surface area contributed by atoms with Crippen LogP contribution in [-0.2, 0) is 4.79 Å². The van der Waals surface area contributed by atoms with Crippen molar-refractivity contribution in [2.24, 2.45) is 4.99 Å². The Kier molecular flexibility index (Phi) is 6.70. The molecule has 28 heavy (non-hydrogen) atoms. The van der Waals surface area contributed by atoms with Gasteiger partial charge < -0.3 is 5.11 Å². The molecule has 0 aromatic heterocycles. The largest absolute Gasteiger partial charge is 0.396 e. The Morgan fingerprint density at radius 2 is 1.79 bits per heavy atom. The van der Waals surface area contributed by atoms with E-state index in [1.165, 1.54) is 17.3 Å². The van der Waals surface area contributed by atoms with E-state index in [2.05, 4.69) is 31.0 Å². The lowest BCUT2D eigenvalue weighted by Crippen LogP contribution is -2.30. The number of amidine groups is 1. The molecule has 146 valence electrons. The van der Waals surface area contributed by atoms with Gasteiger partial charge in [0.1, 0.15) is 5.70 Å². The van der Waals surface area contributed by atoms with Gasteiger partial charge in [0.2, 0.25) is 0 Å². The first kappa shape index (κ1) is 20.4. The van der Waals surface area contributed by atoms with Crippen molar-refractivity contribution in [3.05, 3.63) is 70.9 Å². The minimum Gasteiger partial charge on any atom is -0.396 e. The van der Waals surface area contributed by atoms with Crippen LogP contribution in [0.2, 0.25) is 0 Å². The van der Waals surface area contributed by atoms with E-state index in [1.807, 2.05) is 49.4 Å². The number of nitrogens with zero attached hydrogens (tertiary/aromatic N) is 2. The van der Waals surface area contributed by atoms with Crippen LogP contribution in [0.1, 0.15) is 42.9 Å². The molecule has 1 heterocycles. The molecule has 0 radical (unpaired) electrons. The highest BCUT2D eigenvalue weighted by Gasteiger charge is 2.31. The van der Waals surface area contributed by atoms with E-state index in [0.29, 0.717) is 29.0 Å². The van der Waals surface area contributed by atoms with E-state index in [9.17, 15) is 4.79 Å². The molecule has 1 N–H and O–H groups in total. The first-order valence-corrected chi connectivity index (χ1v) is 10.5. The zero-order valence-electron chi connectivity index (χ0n) is 16.6. The molecule has 5 heteroatoms. The molecule has 0 unspecified atom stereocenters. The number of carbonyl (C=O) groups is 1. The quantitative estimate of drug-likeness (QED) is 0.555. The number of anilines is 1. The summed E-state index contributed by atoms with van der Waals surface area (Å²) >= 11 is 1.49. The number of amides is 1. The van der Waals surface area contributed by atoms with Crippen molar-refractivity contribution in [3.63, 3.8) is 0 Å². The van der Waals surface area contributed by atoms with E-state index >= 15 is 0 Å². The average Bonchev–Trinajstić information content (AvgIpc) is 2.98. The number of aliphatic hydroxyl groups excluding tert-OH is 1. The number of rotatable bonds is 6. The van der Waals surface area contributed by atoms with Crippen LogP contribution >= 0.6 is 11.8 Å². The topological polar surface area (TPSA) is 52.9 Å². The highest BCUT2D eigenvalue weighted by Crippen LogP contribution is 2.30. The summed E-state index contributed by atoms with van der Waals surface area (Å²) in [5.41, 5.74) is 4.61. The SMILES string of the molecule is Cc1ccc(N2C(=O)/C(=C/c3ccc(C(C)C)cc3)N=C2SCCCO)cc1. The van der Waals surface area contributed by atoms with Crippen molar-refractivity contribution in [2.75, 3.05) is 17.3 Å². The monoisotopic (exact) mass is 394 g/mol. The molecule has 2 aromatic rings. The van der Waals surface area contributed by atoms with Crippen LogP contribution in [0.5, 0.6) is 0 Å². The zero-order valence-corrected chi connectivity index (χ0v) is 17.4. The highest BCUT2D eigenvalue weighted by molar-refractivity contribution is 8.14. The summed E-state index contributed by atoms with van der Waals surface area (Å²) in [4.78, 5) is 19.4. The number of aliphatic hydroxyl groups is 1. The summed E-state index contributed by atoms with van der Waals surface area (Å²) in [7, 11) is 0. The lowest BCUT2D eigenvalue weighted by atomic mass is 10.0. The molecule has 0 saturated carbocycles. The van der Waals surface area contributed by atoms with Crippen molar-refractivity contribution in [1.29, 1.82) is 0 Å². The van der Waals surface area contributed by atoms with Crippen LogP contribution in [0.25, 0.3) is 6.08 Å². The molecule has 4 nitrogen and oxygen atoms in total. The van der Waals surface area contributed by atoms with Crippen molar-refractivity contribution in [3.8, 4) is 0 Å².